The first-order valence-electron chi connectivity index (χ1n) is 14.2. The maximum Gasteiger partial charge on any atom is 0.308 e. The lowest BCUT2D eigenvalue weighted by Crippen LogP contribution is -2.43. The first-order valence-corrected chi connectivity index (χ1v) is 18.8. The zero-order valence-corrected chi connectivity index (χ0v) is 26.0. The summed E-state index contributed by atoms with van der Waals surface area (Å²) in [7, 11) is -3.74. The normalized spacial score (nSPS) is 18.4. The number of hydrogen-bond acceptors (Lipinski definition) is 6. The van der Waals surface area contributed by atoms with E-state index in [0.29, 0.717) is 31.9 Å². The van der Waals surface area contributed by atoms with Gasteiger partial charge in [0.1, 0.15) is 11.9 Å². The first kappa shape index (κ1) is 28.2. The summed E-state index contributed by atoms with van der Waals surface area (Å²) < 4.78 is 33.4. The van der Waals surface area contributed by atoms with Crippen LogP contribution in [0.4, 0.5) is 5.95 Å². The molecule has 0 saturated carbocycles. The van der Waals surface area contributed by atoms with Gasteiger partial charge in [-0.2, -0.15) is 0 Å². The summed E-state index contributed by atoms with van der Waals surface area (Å²) in [5.41, 5.74) is 4.58. The summed E-state index contributed by atoms with van der Waals surface area (Å²) >= 11 is 6.36. The maximum absolute atomic E-state index is 12.7. The molecular weight excluding hydrogens is 574 g/mol. The molecule has 2 aliphatic rings. The largest absolute Gasteiger partial charge is 0.490 e. The smallest absolute Gasteiger partial charge is 0.308 e. The van der Waals surface area contributed by atoms with Gasteiger partial charge >= 0.3 is 8.80 Å². The molecule has 0 bridgehead atoms. The van der Waals surface area contributed by atoms with Crippen molar-refractivity contribution >= 4 is 47.3 Å². The quantitative estimate of drug-likeness (QED) is 0.258. The van der Waals surface area contributed by atoms with Crippen molar-refractivity contribution in [2.24, 2.45) is 0 Å². The van der Waals surface area contributed by atoms with Crippen LogP contribution in [0.5, 0.6) is 5.75 Å². The third-order valence-corrected chi connectivity index (χ3v) is 11.8. The Labute approximate surface area is 248 Å². The fourth-order valence-corrected chi connectivity index (χ4v) is 9.74. The summed E-state index contributed by atoms with van der Waals surface area (Å²) in [6.45, 7) is 6.12. The van der Waals surface area contributed by atoms with E-state index < -0.39 is 18.8 Å². The summed E-state index contributed by atoms with van der Waals surface area (Å²) in [6, 6.07) is 16.8. The number of H-pyrrole nitrogens is 1. The Morgan fingerprint density at radius 1 is 1.05 bits per heavy atom. The molecule has 1 unspecified atom stereocenters. The zero-order chi connectivity index (χ0) is 28.6. The molecule has 0 amide bonds. The van der Waals surface area contributed by atoms with Gasteiger partial charge in [0.15, 0.2) is 0 Å². The molecule has 8 nitrogen and oxygen atoms in total. The van der Waals surface area contributed by atoms with Gasteiger partial charge in [-0.3, -0.25) is 0 Å². The number of rotatable bonds is 8. The van der Waals surface area contributed by atoms with E-state index in [-0.39, 0.29) is 17.9 Å². The Balaban J connectivity index is 1.20. The Morgan fingerprint density at radius 2 is 1.78 bits per heavy atom. The second-order valence-corrected chi connectivity index (χ2v) is 16.6. The van der Waals surface area contributed by atoms with E-state index in [2.05, 4.69) is 45.1 Å². The summed E-state index contributed by atoms with van der Waals surface area (Å²) in [5, 5.41) is 1.89. The number of nitrogens with zero attached hydrogens (tertiary/aromatic N) is 4. The monoisotopic (exact) mass is 608 g/mol. The van der Waals surface area contributed by atoms with Crippen molar-refractivity contribution in [3.8, 4) is 5.75 Å². The average Bonchev–Trinajstić information content (AvgIpc) is 3.35. The lowest BCUT2D eigenvalue weighted by molar-refractivity contribution is 0.135. The van der Waals surface area contributed by atoms with Crippen LogP contribution in [0.1, 0.15) is 35.7 Å². The topological polar surface area (TPSA) is 91.4 Å². The Morgan fingerprint density at radius 3 is 2.49 bits per heavy atom. The number of hydrogen-bond donors (Lipinski definition) is 1. The number of nitrogens with one attached hydrogen (secondary N) is 1. The summed E-state index contributed by atoms with van der Waals surface area (Å²) in [6.07, 6.45) is 5.80. The molecule has 4 aromatic rings. The molecule has 2 aromatic carbocycles. The Bertz CT molecular complexity index is 1610. The molecule has 0 radical (unpaired) electrons. The van der Waals surface area contributed by atoms with Crippen molar-refractivity contribution in [2.45, 2.75) is 50.5 Å². The van der Waals surface area contributed by atoms with Gasteiger partial charge in [0, 0.05) is 53.6 Å². The SMILES string of the molecule is C[Si+](C)CCS(=O)(=O)N1CCC(Oc2ccc(C3c4[nH]c5ccc(Cl)cc5c4CCN3c3ncccn3)cc2)CC1. The highest BCUT2D eigenvalue weighted by molar-refractivity contribution is 7.89. The van der Waals surface area contributed by atoms with Crippen LogP contribution >= 0.6 is 11.6 Å². The number of benzene rings is 2. The highest BCUT2D eigenvalue weighted by Gasteiger charge is 2.34. The molecule has 1 atom stereocenters. The van der Waals surface area contributed by atoms with Gasteiger partial charge in [-0.15, -0.1) is 0 Å². The molecule has 2 aromatic heterocycles. The third kappa shape index (κ3) is 6.02. The second kappa shape index (κ2) is 11.8. The van der Waals surface area contributed by atoms with Gasteiger partial charge in [0.25, 0.3) is 0 Å². The average molecular weight is 609 g/mol. The van der Waals surface area contributed by atoms with Crippen molar-refractivity contribution in [2.75, 3.05) is 30.3 Å². The number of anilines is 1. The maximum atomic E-state index is 12.7. The fourth-order valence-electron chi connectivity index (χ4n) is 5.87. The number of aromatic amines is 1. The van der Waals surface area contributed by atoms with E-state index in [9.17, 15) is 8.42 Å². The number of halogens is 1. The standard InChI is InChI=1S/C30H35ClN5O3SSi/c1-41(2)19-18-40(37,38)35-15-10-24(11-16-35)39-23-7-4-21(5-8-23)29-28-25(26-20-22(31)6-9-27(26)34-28)12-17-36(29)30-32-13-3-14-33-30/h3-9,13-14,20,24,29,34H,10-12,15-19H2,1-2H3/q+1. The van der Waals surface area contributed by atoms with Gasteiger partial charge in [-0.25, -0.2) is 22.7 Å². The number of piperidine rings is 1. The number of ether oxygens (including phenoxy) is 1. The summed E-state index contributed by atoms with van der Waals surface area (Å²) in [5.74, 6) is 1.75. The highest BCUT2D eigenvalue weighted by Crippen LogP contribution is 2.40. The van der Waals surface area contributed by atoms with Crippen LogP contribution in [0.15, 0.2) is 60.9 Å². The molecule has 0 aliphatic carbocycles. The van der Waals surface area contributed by atoms with Crippen molar-refractivity contribution in [1.29, 1.82) is 0 Å². The summed E-state index contributed by atoms with van der Waals surface area (Å²) in [4.78, 5) is 15.0. The number of aromatic nitrogens is 3. The predicted molar refractivity (Wildman–Crippen MR) is 166 cm³/mol. The lowest BCUT2D eigenvalue weighted by Gasteiger charge is -2.36. The van der Waals surface area contributed by atoms with Gasteiger partial charge in [0.2, 0.25) is 16.0 Å². The van der Waals surface area contributed by atoms with Crippen LogP contribution < -0.4 is 9.64 Å². The van der Waals surface area contributed by atoms with Crippen LogP contribution in [-0.4, -0.2) is 68.0 Å². The van der Waals surface area contributed by atoms with Gasteiger partial charge < -0.3 is 14.6 Å². The fraction of sp³-hybridized carbons (Fsp3) is 0.400. The van der Waals surface area contributed by atoms with Crippen LogP contribution in [0.25, 0.3) is 10.9 Å². The van der Waals surface area contributed by atoms with E-state index in [1.165, 1.54) is 5.56 Å². The van der Waals surface area contributed by atoms with Crippen LogP contribution in [0, 0.1) is 0 Å². The molecule has 0 spiro atoms. The molecule has 2 aliphatic heterocycles. The first-order chi connectivity index (χ1) is 19.8. The second-order valence-electron chi connectivity index (χ2n) is 11.2. The van der Waals surface area contributed by atoms with Crippen LogP contribution in [-0.2, 0) is 16.4 Å². The molecule has 41 heavy (non-hydrogen) atoms. The van der Waals surface area contributed by atoms with Crippen molar-refractivity contribution < 1.29 is 13.2 Å². The molecule has 1 saturated heterocycles. The van der Waals surface area contributed by atoms with E-state index in [1.807, 2.05) is 36.4 Å². The van der Waals surface area contributed by atoms with Crippen LogP contribution in [0.2, 0.25) is 24.2 Å². The van der Waals surface area contributed by atoms with Crippen molar-refractivity contribution in [3.05, 3.63) is 82.8 Å². The van der Waals surface area contributed by atoms with E-state index >= 15 is 0 Å². The van der Waals surface area contributed by atoms with Gasteiger partial charge in [0.05, 0.1) is 30.9 Å². The van der Waals surface area contributed by atoms with Gasteiger partial charge in [-0.05, 0) is 66.8 Å². The molecule has 6 rings (SSSR count). The predicted octanol–water partition coefficient (Wildman–Crippen LogP) is 5.69. The molecule has 214 valence electrons. The minimum absolute atomic E-state index is 0.00164. The van der Waals surface area contributed by atoms with Crippen molar-refractivity contribution in [3.63, 3.8) is 0 Å². The van der Waals surface area contributed by atoms with Crippen molar-refractivity contribution in [1.82, 2.24) is 19.3 Å². The van der Waals surface area contributed by atoms with E-state index in [4.69, 9.17) is 16.3 Å². The molecule has 4 heterocycles. The Hall–Kier alpha value is -2.92. The molecule has 1 N–H and O–H groups in total. The molecule has 1 fully saturated rings. The number of fused-ring (bicyclic) bond motifs is 3. The lowest BCUT2D eigenvalue weighted by atomic mass is 9.92. The minimum atomic E-state index is -3.18. The number of sulfonamides is 1. The molecular formula is C30H35ClN5O3SSi+. The molecule has 11 heteroatoms. The van der Waals surface area contributed by atoms with Gasteiger partial charge in [-0.1, -0.05) is 23.7 Å². The minimum Gasteiger partial charge on any atom is -0.490 e. The van der Waals surface area contributed by atoms with Crippen LogP contribution in [0.3, 0.4) is 0 Å². The van der Waals surface area contributed by atoms with E-state index in [0.717, 1.165) is 51.9 Å². The third-order valence-electron chi connectivity index (χ3n) is 8.05. The van der Waals surface area contributed by atoms with E-state index in [1.54, 1.807) is 16.7 Å². The highest BCUT2D eigenvalue weighted by atomic mass is 35.5. The zero-order valence-electron chi connectivity index (χ0n) is 23.4. The Kier molecular flexibility index (Phi) is 8.09.